The number of nitrogen functional groups attached to an aromatic ring is 1. The van der Waals surface area contributed by atoms with Gasteiger partial charge in [-0.05, 0) is 19.1 Å². The van der Waals surface area contributed by atoms with Crippen molar-refractivity contribution in [1.29, 1.82) is 0 Å². The number of aryl methyl sites for hydroxylation is 1. The molecule has 0 radical (unpaired) electrons. The Bertz CT molecular complexity index is 671. The fourth-order valence-electron chi connectivity index (χ4n) is 1.87. The van der Waals surface area contributed by atoms with Crippen molar-refractivity contribution in [2.75, 3.05) is 14.1 Å². The molecule has 0 unspecified atom stereocenters. The number of furan rings is 1. The first-order valence-corrected chi connectivity index (χ1v) is 6.27. The molecule has 0 fully saturated rings. The van der Waals surface area contributed by atoms with Crippen LogP contribution in [0.2, 0.25) is 0 Å². The summed E-state index contributed by atoms with van der Waals surface area (Å²) in [5.41, 5.74) is 3.06. The Balaban J connectivity index is 2.16. The van der Waals surface area contributed by atoms with E-state index >= 15 is 0 Å². The Morgan fingerprint density at radius 1 is 1.48 bits per heavy atom. The minimum atomic E-state index is -0.484. The summed E-state index contributed by atoms with van der Waals surface area (Å²) >= 11 is 0. The predicted octanol–water partition coefficient (Wildman–Crippen LogP) is 0.138. The number of hydrogen-bond acceptors (Lipinski definition) is 5. The second-order valence-corrected chi connectivity index (χ2v) is 4.80. The van der Waals surface area contributed by atoms with Crippen molar-refractivity contribution in [1.82, 2.24) is 20.1 Å². The Hall–Kier alpha value is -2.61. The molecule has 0 saturated carbocycles. The molecule has 8 nitrogen and oxygen atoms in total. The lowest BCUT2D eigenvalue weighted by atomic mass is 10.2. The zero-order chi connectivity index (χ0) is 15.6. The number of carbonyl (C=O) groups is 2. The second kappa shape index (κ2) is 5.80. The van der Waals surface area contributed by atoms with Crippen molar-refractivity contribution in [3.8, 4) is 0 Å². The predicted molar refractivity (Wildman–Crippen MR) is 74.4 cm³/mol. The third-order valence-electron chi connectivity index (χ3n) is 2.89. The fraction of sp³-hybridized carbons (Fsp3) is 0.308. The van der Waals surface area contributed by atoms with Crippen LogP contribution in [0, 0.1) is 6.92 Å². The highest BCUT2D eigenvalue weighted by Crippen LogP contribution is 2.15. The molecule has 2 aromatic heterocycles. The highest BCUT2D eigenvalue weighted by Gasteiger charge is 2.16. The fourth-order valence-corrected chi connectivity index (χ4v) is 1.87. The topological polar surface area (TPSA) is 106 Å². The molecule has 0 aliphatic rings. The second-order valence-electron chi connectivity index (χ2n) is 4.80. The van der Waals surface area contributed by atoms with Crippen LogP contribution >= 0.6 is 0 Å². The van der Waals surface area contributed by atoms with Gasteiger partial charge in [0, 0.05) is 25.9 Å². The lowest BCUT2D eigenvalue weighted by Gasteiger charge is -2.06. The normalized spacial score (nSPS) is 10.5. The summed E-state index contributed by atoms with van der Waals surface area (Å²) < 4.78 is 7.01. The van der Waals surface area contributed by atoms with Crippen LogP contribution in [0.15, 0.2) is 22.7 Å². The summed E-state index contributed by atoms with van der Waals surface area (Å²) in [6.45, 7) is 2.07. The van der Waals surface area contributed by atoms with Crippen LogP contribution in [0.25, 0.3) is 0 Å². The molecule has 112 valence electrons. The number of nitrogens with one attached hydrogen (secondary N) is 1. The van der Waals surface area contributed by atoms with Crippen molar-refractivity contribution in [2.45, 2.75) is 13.5 Å². The van der Waals surface area contributed by atoms with E-state index in [1.165, 1.54) is 4.90 Å². The Morgan fingerprint density at radius 3 is 2.81 bits per heavy atom. The molecule has 0 aliphatic heterocycles. The molecule has 0 aromatic carbocycles. The summed E-state index contributed by atoms with van der Waals surface area (Å²) in [5.74, 6) is 5.15. The summed E-state index contributed by atoms with van der Waals surface area (Å²) in [6, 6.07) is 3.37. The van der Waals surface area contributed by atoms with E-state index in [1.807, 2.05) is 5.43 Å². The van der Waals surface area contributed by atoms with Gasteiger partial charge in [-0.15, -0.1) is 0 Å². The zero-order valence-electron chi connectivity index (χ0n) is 12.1. The third-order valence-corrected chi connectivity index (χ3v) is 2.89. The molecule has 21 heavy (non-hydrogen) atoms. The zero-order valence-corrected chi connectivity index (χ0v) is 12.1. The molecule has 0 saturated heterocycles. The van der Waals surface area contributed by atoms with Gasteiger partial charge in [-0.3, -0.25) is 19.7 Å². The van der Waals surface area contributed by atoms with Gasteiger partial charge in [0.2, 0.25) is 0 Å². The molecule has 0 spiro atoms. The molecule has 0 bridgehead atoms. The van der Waals surface area contributed by atoms with Crippen molar-refractivity contribution < 1.29 is 14.0 Å². The van der Waals surface area contributed by atoms with Gasteiger partial charge in [-0.2, -0.15) is 5.10 Å². The maximum absolute atomic E-state index is 11.8. The van der Waals surface area contributed by atoms with E-state index in [2.05, 4.69) is 5.10 Å². The maximum atomic E-state index is 11.8. The van der Waals surface area contributed by atoms with Crippen molar-refractivity contribution >= 4 is 11.8 Å². The van der Waals surface area contributed by atoms with Crippen molar-refractivity contribution in [3.05, 3.63) is 41.1 Å². The van der Waals surface area contributed by atoms with Crippen molar-refractivity contribution in [3.63, 3.8) is 0 Å². The maximum Gasteiger partial charge on any atom is 0.301 e. The van der Waals surface area contributed by atoms with Gasteiger partial charge in [0.25, 0.3) is 5.91 Å². The average molecular weight is 291 g/mol. The average Bonchev–Trinajstić information content (AvgIpc) is 3.04. The summed E-state index contributed by atoms with van der Waals surface area (Å²) in [4.78, 5) is 24.7. The van der Waals surface area contributed by atoms with Crippen molar-refractivity contribution in [2.24, 2.45) is 5.84 Å². The SMILES string of the molecule is Cc1cc(Cn2ccc(C(=O)N(C)C)n2)oc1C(=O)NN. The van der Waals surface area contributed by atoms with Gasteiger partial charge in [0.1, 0.15) is 11.5 Å². The van der Waals surface area contributed by atoms with Crippen LogP contribution in [0.1, 0.15) is 32.4 Å². The lowest BCUT2D eigenvalue weighted by Crippen LogP contribution is -2.30. The van der Waals surface area contributed by atoms with E-state index in [-0.39, 0.29) is 11.7 Å². The van der Waals surface area contributed by atoms with Crippen LogP contribution in [-0.2, 0) is 6.54 Å². The van der Waals surface area contributed by atoms with Gasteiger partial charge < -0.3 is 9.32 Å². The van der Waals surface area contributed by atoms with Gasteiger partial charge in [-0.25, -0.2) is 5.84 Å². The molecule has 2 aromatic rings. The smallest absolute Gasteiger partial charge is 0.301 e. The van der Waals surface area contributed by atoms with Crippen LogP contribution in [0.3, 0.4) is 0 Å². The minimum Gasteiger partial charge on any atom is -0.454 e. The Kier molecular flexibility index (Phi) is 4.08. The molecular weight excluding hydrogens is 274 g/mol. The number of aromatic nitrogens is 2. The molecule has 3 N–H and O–H groups in total. The quantitative estimate of drug-likeness (QED) is 0.473. The molecule has 2 amide bonds. The Labute approximate surface area is 121 Å². The molecule has 0 atom stereocenters. The largest absolute Gasteiger partial charge is 0.454 e. The molecule has 2 heterocycles. The molecular formula is C13H17N5O3. The summed E-state index contributed by atoms with van der Waals surface area (Å²) in [6.07, 6.45) is 1.68. The number of nitrogens with zero attached hydrogens (tertiary/aromatic N) is 3. The van der Waals surface area contributed by atoms with Crippen LogP contribution < -0.4 is 11.3 Å². The van der Waals surface area contributed by atoms with Gasteiger partial charge in [0.15, 0.2) is 5.76 Å². The monoisotopic (exact) mass is 291 g/mol. The van der Waals surface area contributed by atoms with Crippen LogP contribution in [0.5, 0.6) is 0 Å². The van der Waals surface area contributed by atoms with Gasteiger partial charge >= 0.3 is 5.91 Å². The number of hydrazine groups is 1. The standard InChI is InChI=1S/C13H17N5O3/c1-8-6-9(21-11(8)12(19)15-14)7-18-5-4-10(16-18)13(20)17(2)3/h4-6H,7,14H2,1-3H3,(H,15,19). The van der Waals surface area contributed by atoms with E-state index in [4.69, 9.17) is 10.3 Å². The molecule has 8 heteroatoms. The first-order chi connectivity index (χ1) is 9.92. The number of rotatable bonds is 4. The van der Waals surface area contributed by atoms with E-state index in [0.717, 1.165) is 0 Å². The summed E-state index contributed by atoms with van der Waals surface area (Å²) in [7, 11) is 3.32. The van der Waals surface area contributed by atoms with E-state index in [0.29, 0.717) is 23.6 Å². The van der Waals surface area contributed by atoms with Gasteiger partial charge in [0.05, 0.1) is 6.54 Å². The Morgan fingerprint density at radius 2 is 2.19 bits per heavy atom. The number of carbonyl (C=O) groups excluding carboxylic acids is 2. The molecule has 0 aliphatic carbocycles. The highest BCUT2D eigenvalue weighted by molar-refractivity contribution is 5.92. The first kappa shape index (κ1) is 14.8. The van der Waals surface area contributed by atoms with E-state index in [1.54, 1.807) is 44.0 Å². The minimum absolute atomic E-state index is 0.171. The molecule has 2 rings (SSSR count). The summed E-state index contributed by atoms with van der Waals surface area (Å²) in [5, 5.41) is 4.17. The number of nitrogens with two attached hydrogens (primary N) is 1. The van der Waals surface area contributed by atoms with Crippen LogP contribution in [0.4, 0.5) is 0 Å². The third kappa shape index (κ3) is 3.11. The van der Waals surface area contributed by atoms with Gasteiger partial charge in [-0.1, -0.05) is 0 Å². The number of amides is 2. The lowest BCUT2D eigenvalue weighted by molar-refractivity contribution is 0.0820. The van der Waals surface area contributed by atoms with Crippen LogP contribution in [-0.4, -0.2) is 40.6 Å². The van der Waals surface area contributed by atoms with E-state index in [9.17, 15) is 9.59 Å². The number of hydrogen-bond donors (Lipinski definition) is 2. The first-order valence-electron chi connectivity index (χ1n) is 6.27. The van der Waals surface area contributed by atoms with E-state index < -0.39 is 5.91 Å². The highest BCUT2D eigenvalue weighted by atomic mass is 16.4.